The van der Waals surface area contributed by atoms with Gasteiger partial charge in [0, 0.05) is 6.04 Å². The first-order valence-corrected chi connectivity index (χ1v) is 6.69. The zero-order chi connectivity index (χ0) is 13.5. The standard InChI is InChI=1S/C15H24FNO/c1-4-5-11(2)10-18-15-7-6-14(16)9-13(15)8-12(3)17/h6-7,9,11-12H,4-5,8,10,17H2,1-3H3. The van der Waals surface area contributed by atoms with Crippen molar-refractivity contribution in [2.45, 2.75) is 46.1 Å². The quantitative estimate of drug-likeness (QED) is 0.806. The molecule has 18 heavy (non-hydrogen) atoms. The summed E-state index contributed by atoms with van der Waals surface area (Å²) in [4.78, 5) is 0. The molecule has 3 heteroatoms. The van der Waals surface area contributed by atoms with Gasteiger partial charge in [0.15, 0.2) is 0 Å². The molecule has 0 radical (unpaired) electrons. The Balaban J connectivity index is 2.68. The molecule has 0 heterocycles. The van der Waals surface area contributed by atoms with E-state index < -0.39 is 0 Å². The molecule has 0 fully saturated rings. The highest BCUT2D eigenvalue weighted by molar-refractivity contribution is 5.34. The molecule has 0 saturated heterocycles. The summed E-state index contributed by atoms with van der Waals surface area (Å²) in [5, 5.41) is 0. The lowest BCUT2D eigenvalue weighted by Gasteiger charge is -2.16. The smallest absolute Gasteiger partial charge is 0.123 e. The average molecular weight is 253 g/mol. The molecule has 0 saturated carbocycles. The fourth-order valence-corrected chi connectivity index (χ4v) is 2.00. The van der Waals surface area contributed by atoms with Gasteiger partial charge in [-0.25, -0.2) is 4.39 Å². The predicted molar refractivity (Wildman–Crippen MR) is 73.3 cm³/mol. The number of halogens is 1. The molecular weight excluding hydrogens is 229 g/mol. The first-order valence-electron chi connectivity index (χ1n) is 6.69. The molecule has 102 valence electrons. The summed E-state index contributed by atoms with van der Waals surface area (Å²) in [6, 6.07) is 4.65. The highest BCUT2D eigenvalue weighted by Gasteiger charge is 2.09. The highest BCUT2D eigenvalue weighted by atomic mass is 19.1. The summed E-state index contributed by atoms with van der Waals surface area (Å²) < 4.78 is 19.0. The topological polar surface area (TPSA) is 35.2 Å². The average Bonchev–Trinajstić information content (AvgIpc) is 2.27. The molecule has 1 aromatic carbocycles. The van der Waals surface area contributed by atoms with Crippen molar-refractivity contribution < 1.29 is 9.13 Å². The summed E-state index contributed by atoms with van der Waals surface area (Å²) in [7, 11) is 0. The molecule has 0 aliphatic carbocycles. The van der Waals surface area contributed by atoms with E-state index in [2.05, 4.69) is 13.8 Å². The summed E-state index contributed by atoms with van der Waals surface area (Å²) in [5.41, 5.74) is 6.62. The van der Waals surface area contributed by atoms with Gasteiger partial charge in [-0.05, 0) is 49.4 Å². The van der Waals surface area contributed by atoms with Crippen molar-refractivity contribution in [1.29, 1.82) is 0 Å². The van der Waals surface area contributed by atoms with Crippen LogP contribution >= 0.6 is 0 Å². The van der Waals surface area contributed by atoms with Crippen LogP contribution in [0, 0.1) is 11.7 Å². The van der Waals surface area contributed by atoms with Crippen molar-refractivity contribution in [1.82, 2.24) is 0 Å². The van der Waals surface area contributed by atoms with Crippen molar-refractivity contribution >= 4 is 0 Å². The van der Waals surface area contributed by atoms with E-state index in [1.54, 1.807) is 6.07 Å². The van der Waals surface area contributed by atoms with Crippen LogP contribution in [0.2, 0.25) is 0 Å². The largest absolute Gasteiger partial charge is 0.493 e. The lowest BCUT2D eigenvalue weighted by molar-refractivity contribution is 0.249. The monoisotopic (exact) mass is 253 g/mol. The van der Waals surface area contributed by atoms with Gasteiger partial charge in [-0.1, -0.05) is 20.3 Å². The van der Waals surface area contributed by atoms with Crippen molar-refractivity contribution in [3.8, 4) is 5.75 Å². The Morgan fingerprint density at radius 3 is 2.67 bits per heavy atom. The molecule has 0 bridgehead atoms. The predicted octanol–water partition coefficient (Wildman–Crippen LogP) is 3.53. The number of ether oxygens (including phenoxy) is 1. The van der Waals surface area contributed by atoms with Crippen molar-refractivity contribution in [3.63, 3.8) is 0 Å². The zero-order valence-corrected chi connectivity index (χ0v) is 11.6. The lowest BCUT2D eigenvalue weighted by atomic mass is 10.1. The number of hydrogen-bond donors (Lipinski definition) is 1. The number of nitrogens with two attached hydrogens (primary N) is 1. The van der Waals surface area contributed by atoms with Crippen LogP contribution in [0.5, 0.6) is 5.75 Å². The molecule has 0 spiro atoms. The van der Waals surface area contributed by atoms with Crippen LogP contribution < -0.4 is 10.5 Å². The SMILES string of the molecule is CCCC(C)COc1ccc(F)cc1CC(C)N. The van der Waals surface area contributed by atoms with E-state index in [9.17, 15) is 4.39 Å². The number of hydrogen-bond acceptors (Lipinski definition) is 2. The Bertz CT molecular complexity index is 366. The molecule has 2 nitrogen and oxygen atoms in total. The van der Waals surface area contributed by atoms with Crippen molar-refractivity contribution in [2.24, 2.45) is 11.7 Å². The maximum Gasteiger partial charge on any atom is 0.123 e. The molecule has 1 aromatic rings. The Kier molecular flexibility index (Phi) is 6.13. The van der Waals surface area contributed by atoms with Crippen LogP contribution in [-0.2, 0) is 6.42 Å². The molecule has 0 aliphatic heterocycles. The Morgan fingerprint density at radius 2 is 2.06 bits per heavy atom. The van der Waals surface area contributed by atoms with Gasteiger partial charge < -0.3 is 10.5 Å². The number of benzene rings is 1. The van der Waals surface area contributed by atoms with Crippen LogP contribution in [0.25, 0.3) is 0 Å². The summed E-state index contributed by atoms with van der Waals surface area (Å²) in [6.07, 6.45) is 2.93. The minimum Gasteiger partial charge on any atom is -0.493 e. The summed E-state index contributed by atoms with van der Waals surface area (Å²) in [5.74, 6) is 1.04. The maximum atomic E-state index is 13.2. The van der Waals surface area contributed by atoms with Gasteiger partial charge >= 0.3 is 0 Å². The molecule has 0 aliphatic rings. The Labute approximate surface area is 109 Å². The maximum absolute atomic E-state index is 13.2. The highest BCUT2D eigenvalue weighted by Crippen LogP contribution is 2.22. The van der Waals surface area contributed by atoms with Gasteiger partial charge in [-0.3, -0.25) is 0 Å². The molecular formula is C15H24FNO. The van der Waals surface area contributed by atoms with E-state index >= 15 is 0 Å². The minimum absolute atomic E-state index is 0.00205. The molecule has 2 unspecified atom stereocenters. The Morgan fingerprint density at radius 1 is 1.33 bits per heavy atom. The molecule has 2 N–H and O–H groups in total. The van der Waals surface area contributed by atoms with Gasteiger partial charge in [0.2, 0.25) is 0 Å². The summed E-state index contributed by atoms with van der Waals surface area (Å²) in [6.45, 7) is 6.91. The second kappa shape index (κ2) is 7.37. The second-order valence-corrected chi connectivity index (χ2v) is 5.14. The minimum atomic E-state index is -0.236. The Hall–Kier alpha value is -1.09. The van der Waals surface area contributed by atoms with Crippen LogP contribution in [0.15, 0.2) is 18.2 Å². The molecule has 1 rings (SSSR count). The van der Waals surface area contributed by atoms with Crippen molar-refractivity contribution in [2.75, 3.05) is 6.61 Å². The van der Waals surface area contributed by atoms with Gasteiger partial charge in [0.05, 0.1) is 6.61 Å². The molecule has 0 aromatic heterocycles. The number of rotatable bonds is 7. The first kappa shape index (κ1) is 15.0. The van der Waals surface area contributed by atoms with Gasteiger partial charge in [-0.2, -0.15) is 0 Å². The van der Waals surface area contributed by atoms with E-state index in [0.717, 1.165) is 24.2 Å². The van der Waals surface area contributed by atoms with Crippen LogP contribution in [-0.4, -0.2) is 12.6 Å². The van der Waals surface area contributed by atoms with Crippen molar-refractivity contribution in [3.05, 3.63) is 29.6 Å². The van der Waals surface area contributed by atoms with E-state index in [1.165, 1.54) is 12.1 Å². The first-order chi connectivity index (χ1) is 8.52. The molecule has 0 amide bonds. The third kappa shape index (κ3) is 5.05. The lowest BCUT2D eigenvalue weighted by Crippen LogP contribution is -2.19. The van der Waals surface area contributed by atoms with Gasteiger partial charge in [0.25, 0.3) is 0 Å². The summed E-state index contributed by atoms with van der Waals surface area (Å²) >= 11 is 0. The third-order valence-electron chi connectivity index (χ3n) is 2.87. The van der Waals surface area contributed by atoms with Crippen LogP contribution in [0.1, 0.15) is 39.2 Å². The normalized spacial score (nSPS) is 14.3. The van der Waals surface area contributed by atoms with E-state index in [0.29, 0.717) is 18.9 Å². The van der Waals surface area contributed by atoms with E-state index in [-0.39, 0.29) is 11.9 Å². The zero-order valence-electron chi connectivity index (χ0n) is 11.6. The fraction of sp³-hybridized carbons (Fsp3) is 0.600. The van der Waals surface area contributed by atoms with Crippen LogP contribution in [0.3, 0.4) is 0 Å². The third-order valence-corrected chi connectivity index (χ3v) is 2.87. The van der Waals surface area contributed by atoms with E-state index in [1.807, 2.05) is 6.92 Å². The second-order valence-electron chi connectivity index (χ2n) is 5.14. The molecule has 2 atom stereocenters. The fourth-order valence-electron chi connectivity index (χ4n) is 2.00. The van der Waals surface area contributed by atoms with Gasteiger partial charge in [-0.15, -0.1) is 0 Å². The van der Waals surface area contributed by atoms with Gasteiger partial charge in [0.1, 0.15) is 11.6 Å². The van der Waals surface area contributed by atoms with Crippen LogP contribution in [0.4, 0.5) is 4.39 Å². The van der Waals surface area contributed by atoms with E-state index in [4.69, 9.17) is 10.5 Å².